The Kier molecular flexibility index (Phi) is 33.9. The van der Waals surface area contributed by atoms with Crippen LogP contribution in [0, 0.1) is 13.8 Å². The van der Waals surface area contributed by atoms with Crippen molar-refractivity contribution in [3.63, 3.8) is 0 Å². The topological polar surface area (TPSA) is 104 Å². The number of thioether (sulfide) groups is 2. The zero-order valence-corrected chi connectivity index (χ0v) is 22.6. The highest BCUT2D eigenvalue weighted by Crippen LogP contribution is 2.23. The lowest BCUT2D eigenvalue weighted by atomic mass is 10.0. The summed E-state index contributed by atoms with van der Waals surface area (Å²) >= 11 is 3.60. The molecule has 176 valence electrons. The summed E-state index contributed by atoms with van der Waals surface area (Å²) in [4.78, 5) is 2.71. The van der Waals surface area contributed by atoms with Crippen LogP contribution in [0.4, 0.5) is 0 Å². The lowest BCUT2D eigenvalue weighted by Crippen LogP contribution is -1.87. The minimum absolute atomic E-state index is 1.15. The molecule has 0 bridgehead atoms. The maximum Gasteiger partial charge on any atom is 0.00828 e. The van der Waals surface area contributed by atoms with E-state index in [1.807, 2.05) is 0 Å². The third-order valence-corrected chi connectivity index (χ3v) is 4.92. The molecule has 2 aromatic carbocycles. The second kappa shape index (κ2) is 28.0. The van der Waals surface area contributed by atoms with Gasteiger partial charge in [-0.3, -0.25) is 0 Å². The summed E-state index contributed by atoms with van der Waals surface area (Å²) in [6.45, 7) is 8.71. The van der Waals surface area contributed by atoms with E-state index in [0.29, 0.717) is 0 Å². The van der Waals surface area contributed by atoms with E-state index in [-0.39, 0.29) is 0 Å². The van der Waals surface area contributed by atoms with Crippen molar-refractivity contribution in [1.82, 2.24) is 0 Å². The molecule has 0 spiro atoms. The lowest BCUT2D eigenvalue weighted by molar-refractivity contribution is 1.08. The summed E-state index contributed by atoms with van der Waals surface area (Å²) in [6, 6.07) is 13.5. The summed E-state index contributed by atoms with van der Waals surface area (Å²) in [6.07, 6.45) is 6.51. The van der Waals surface area contributed by atoms with E-state index in [1.54, 1.807) is 23.5 Å². The van der Waals surface area contributed by atoms with Crippen LogP contribution in [0.15, 0.2) is 46.2 Å². The van der Waals surface area contributed by atoms with Crippen molar-refractivity contribution in [3.8, 4) is 0 Å². The molecular weight excluding hydrogens is 408 g/mol. The quantitative estimate of drug-likeness (QED) is 0.490. The highest BCUT2D eigenvalue weighted by atomic mass is 32.2. The smallest absolute Gasteiger partial charge is 0.00828 e. The van der Waals surface area contributed by atoms with Gasteiger partial charge in [0.1, 0.15) is 0 Å². The van der Waals surface area contributed by atoms with Gasteiger partial charge in [0.15, 0.2) is 0 Å². The Bertz CT molecular complexity index is 508. The van der Waals surface area contributed by atoms with Crippen molar-refractivity contribution in [2.75, 3.05) is 40.7 Å². The Labute approximate surface area is 196 Å². The normalized spacial score (nSPS) is 8.20. The summed E-state index contributed by atoms with van der Waals surface area (Å²) in [5, 5.41) is 0. The summed E-state index contributed by atoms with van der Waals surface area (Å²) in [5.41, 5.74) is 23.7. The minimum atomic E-state index is 1.15. The summed E-state index contributed by atoms with van der Waals surface area (Å²) in [7, 11) is 6.00. The molecule has 30 heavy (non-hydrogen) atoms. The van der Waals surface area contributed by atoms with Crippen LogP contribution in [0.5, 0.6) is 0 Å². The zero-order chi connectivity index (χ0) is 24.5. The van der Waals surface area contributed by atoms with Crippen LogP contribution < -0.4 is 22.9 Å². The largest absolute Gasteiger partial charge is 0.333 e. The molecule has 0 saturated carbocycles. The second-order valence-electron chi connectivity index (χ2n) is 5.42. The van der Waals surface area contributed by atoms with Crippen LogP contribution in [-0.4, -0.2) is 40.7 Å². The average molecular weight is 457 g/mol. The number of nitrogens with two attached hydrogens (primary N) is 4. The monoisotopic (exact) mass is 456 g/mol. The number of rotatable bonds is 4. The molecule has 0 radical (unpaired) electrons. The molecule has 4 nitrogen and oxygen atoms in total. The van der Waals surface area contributed by atoms with Crippen LogP contribution in [-0.2, 0) is 12.8 Å². The van der Waals surface area contributed by atoms with Gasteiger partial charge in [0.25, 0.3) is 0 Å². The maximum atomic E-state index is 4.50. The Morgan fingerprint density at radius 3 is 1.10 bits per heavy atom. The Hall–Kier alpha value is -1.02. The van der Waals surface area contributed by atoms with Crippen molar-refractivity contribution >= 4 is 23.5 Å². The molecule has 2 aromatic rings. The molecular formula is C24H48N4S2. The van der Waals surface area contributed by atoms with Gasteiger partial charge in [-0.2, -0.15) is 0 Å². The Morgan fingerprint density at radius 2 is 0.833 bits per heavy atom. The van der Waals surface area contributed by atoms with E-state index in [9.17, 15) is 0 Å². The van der Waals surface area contributed by atoms with Gasteiger partial charge in [-0.15, -0.1) is 23.5 Å². The average Bonchev–Trinajstić information content (AvgIpc) is 2.83. The third kappa shape index (κ3) is 19.0. The number of hydrogen-bond acceptors (Lipinski definition) is 6. The molecule has 2 rings (SSSR count). The second-order valence-corrected chi connectivity index (χ2v) is 7.18. The summed E-state index contributed by atoms with van der Waals surface area (Å²) < 4.78 is 0. The summed E-state index contributed by atoms with van der Waals surface area (Å²) in [5.74, 6) is 0. The molecule has 0 aromatic heterocycles. The van der Waals surface area contributed by atoms with Gasteiger partial charge in [0, 0.05) is 9.79 Å². The lowest BCUT2D eigenvalue weighted by Gasteiger charge is -2.02. The fourth-order valence-corrected chi connectivity index (χ4v) is 3.48. The zero-order valence-electron chi connectivity index (χ0n) is 21.0. The number of aryl methyl sites for hydroxylation is 4. The standard InChI is InChI=1S/C11H16.C9H12S2.4CH5N/c1-4-10-6-9(3)7-11(5-2)8-10;1-7-4-8(10-2)6-9(5-7)11-3;4*1-2/h6-8H,4-5H2,1-3H3;4-6H,1-3H3;4*2H2,1H3. The van der Waals surface area contributed by atoms with Crippen molar-refractivity contribution < 1.29 is 0 Å². The molecule has 0 unspecified atom stereocenters. The van der Waals surface area contributed by atoms with E-state index in [4.69, 9.17) is 0 Å². The first-order chi connectivity index (χ1) is 14.5. The van der Waals surface area contributed by atoms with E-state index >= 15 is 0 Å². The molecule has 6 heteroatoms. The van der Waals surface area contributed by atoms with Gasteiger partial charge < -0.3 is 22.9 Å². The van der Waals surface area contributed by atoms with Gasteiger partial charge >= 0.3 is 0 Å². The molecule has 0 saturated heterocycles. The van der Waals surface area contributed by atoms with E-state index < -0.39 is 0 Å². The first-order valence-corrected chi connectivity index (χ1v) is 12.6. The van der Waals surface area contributed by atoms with Crippen molar-refractivity contribution in [2.45, 2.75) is 50.3 Å². The van der Waals surface area contributed by atoms with Crippen molar-refractivity contribution in [1.29, 1.82) is 0 Å². The third-order valence-electron chi connectivity index (χ3n) is 3.51. The molecule has 0 amide bonds. The van der Waals surface area contributed by atoms with Gasteiger partial charge in [0.2, 0.25) is 0 Å². The predicted octanol–water partition coefficient (Wildman–Crippen LogP) is 4.86. The van der Waals surface area contributed by atoms with Crippen molar-refractivity contribution in [3.05, 3.63) is 58.7 Å². The molecule has 0 fully saturated rings. The number of hydrogen-bond donors (Lipinski definition) is 4. The Morgan fingerprint density at radius 1 is 0.533 bits per heavy atom. The highest BCUT2D eigenvalue weighted by Gasteiger charge is 1.95. The maximum absolute atomic E-state index is 4.50. The first kappa shape index (κ1) is 36.4. The fourth-order valence-electron chi connectivity index (χ4n) is 2.31. The molecule has 0 atom stereocenters. The van der Waals surface area contributed by atoms with Crippen molar-refractivity contribution in [2.24, 2.45) is 22.9 Å². The van der Waals surface area contributed by atoms with Gasteiger partial charge in [0.05, 0.1) is 0 Å². The molecule has 0 aliphatic carbocycles. The van der Waals surface area contributed by atoms with Gasteiger partial charge in [-0.25, -0.2) is 0 Å². The predicted molar refractivity (Wildman–Crippen MR) is 145 cm³/mol. The number of benzene rings is 2. The fraction of sp³-hybridized carbons (Fsp3) is 0.500. The highest BCUT2D eigenvalue weighted by molar-refractivity contribution is 7.99. The van der Waals surface area contributed by atoms with Crippen LogP contribution >= 0.6 is 23.5 Å². The SMILES string of the molecule is CCc1cc(C)cc(CC)c1.CN.CN.CN.CN.CSc1cc(C)cc(SC)c1. The molecule has 0 aliphatic heterocycles. The molecule has 8 N–H and O–H groups in total. The van der Waals surface area contributed by atoms with Crippen LogP contribution in [0.25, 0.3) is 0 Å². The van der Waals surface area contributed by atoms with E-state index in [2.05, 4.69) is 99.5 Å². The van der Waals surface area contributed by atoms with Gasteiger partial charge in [-0.1, -0.05) is 37.6 Å². The van der Waals surface area contributed by atoms with Crippen LogP contribution in [0.3, 0.4) is 0 Å². The molecule has 0 heterocycles. The van der Waals surface area contributed by atoms with E-state index in [1.165, 1.54) is 60.2 Å². The van der Waals surface area contributed by atoms with E-state index in [0.717, 1.165) is 12.8 Å². The van der Waals surface area contributed by atoms with Crippen LogP contribution in [0.2, 0.25) is 0 Å². The molecule has 0 aliphatic rings. The first-order valence-electron chi connectivity index (χ1n) is 10.1. The minimum Gasteiger partial charge on any atom is -0.333 e. The van der Waals surface area contributed by atoms with Gasteiger partial charge in [-0.05, 0) is 102 Å². The Balaban J connectivity index is -0.000000169. The van der Waals surface area contributed by atoms with Crippen LogP contribution in [0.1, 0.15) is 36.1 Å².